The van der Waals surface area contributed by atoms with Gasteiger partial charge in [0.05, 0.1) is 6.61 Å². The summed E-state index contributed by atoms with van der Waals surface area (Å²) in [5.41, 5.74) is 6.52. The molecule has 1 aromatic carbocycles. The molecule has 20 heavy (non-hydrogen) atoms. The van der Waals surface area contributed by atoms with E-state index in [-0.39, 0.29) is 25.5 Å². The summed E-state index contributed by atoms with van der Waals surface area (Å²) in [4.78, 5) is 23.4. The topological polar surface area (TPSA) is 117 Å². The van der Waals surface area contributed by atoms with Gasteiger partial charge >= 0.3 is 12.1 Å². The maximum Gasteiger partial charge on any atom is 0.408 e. The number of amides is 1. The van der Waals surface area contributed by atoms with Crippen molar-refractivity contribution in [1.82, 2.24) is 4.90 Å². The van der Waals surface area contributed by atoms with Gasteiger partial charge in [-0.05, 0) is 18.6 Å². The quantitative estimate of drug-likeness (QED) is 0.408. The molecule has 4 N–H and O–H groups in total. The fraction of sp³-hybridized carbons (Fsp3) is 0.308. The number of rotatable bonds is 6. The molecule has 0 aliphatic rings. The SMILES string of the molecule is CCOC(=O)CN(Cc1cccc(C(=N)N)c1)C(=O)O. The fourth-order valence-electron chi connectivity index (χ4n) is 1.61. The number of ether oxygens (including phenoxy) is 1. The van der Waals surface area contributed by atoms with Crippen molar-refractivity contribution in [1.29, 1.82) is 5.41 Å². The smallest absolute Gasteiger partial charge is 0.408 e. The van der Waals surface area contributed by atoms with Crippen LogP contribution < -0.4 is 5.73 Å². The van der Waals surface area contributed by atoms with Gasteiger partial charge in [-0.1, -0.05) is 18.2 Å². The van der Waals surface area contributed by atoms with Crippen molar-refractivity contribution >= 4 is 17.9 Å². The van der Waals surface area contributed by atoms with Crippen LogP contribution >= 0.6 is 0 Å². The Balaban J connectivity index is 2.80. The molecule has 0 heterocycles. The first-order chi connectivity index (χ1) is 9.43. The number of carbonyl (C=O) groups excluding carboxylic acids is 1. The van der Waals surface area contributed by atoms with Gasteiger partial charge < -0.3 is 15.6 Å². The van der Waals surface area contributed by atoms with E-state index in [2.05, 4.69) is 0 Å². The number of benzene rings is 1. The lowest BCUT2D eigenvalue weighted by atomic mass is 10.1. The summed E-state index contributed by atoms with van der Waals surface area (Å²) in [7, 11) is 0. The number of nitrogen functional groups attached to an aromatic ring is 1. The minimum absolute atomic E-state index is 0.0231. The summed E-state index contributed by atoms with van der Waals surface area (Å²) >= 11 is 0. The van der Waals surface area contributed by atoms with E-state index in [1.54, 1.807) is 31.2 Å². The van der Waals surface area contributed by atoms with Gasteiger partial charge in [-0.3, -0.25) is 15.1 Å². The third-order valence-corrected chi connectivity index (χ3v) is 2.51. The Hall–Kier alpha value is -2.57. The number of hydrogen-bond acceptors (Lipinski definition) is 4. The third-order valence-electron chi connectivity index (χ3n) is 2.51. The van der Waals surface area contributed by atoms with Gasteiger partial charge in [-0.2, -0.15) is 0 Å². The van der Waals surface area contributed by atoms with Crippen molar-refractivity contribution in [3.05, 3.63) is 35.4 Å². The molecular weight excluding hydrogens is 262 g/mol. The minimum atomic E-state index is -1.22. The molecule has 0 bridgehead atoms. The van der Waals surface area contributed by atoms with Gasteiger partial charge in [0.15, 0.2) is 0 Å². The van der Waals surface area contributed by atoms with Crippen LogP contribution in [0.1, 0.15) is 18.1 Å². The molecule has 0 aromatic heterocycles. The second-order valence-electron chi connectivity index (χ2n) is 4.06. The highest BCUT2D eigenvalue weighted by atomic mass is 16.5. The van der Waals surface area contributed by atoms with Crippen molar-refractivity contribution in [3.8, 4) is 0 Å². The zero-order valence-corrected chi connectivity index (χ0v) is 11.1. The Labute approximate surface area is 116 Å². The number of nitrogens with one attached hydrogen (secondary N) is 1. The highest BCUT2D eigenvalue weighted by Crippen LogP contribution is 2.08. The molecule has 0 unspecified atom stereocenters. The number of hydrogen-bond donors (Lipinski definition) is 3. The van der Waals surface area contributed by atoms with Crippen LogP contribution in [0.25, 0.3) is 0 Å². The third kappa shape index (κ3) is 4.60. The number of nitrogens with zero attached hydrogens (tertiary/aromatic N) is 1. The van der Waals surface area contributed by atoms with Crippen molar-refractivity contribution in [2.75, 3.05) is 13.2 Å². The van der Waals surface area contributed by atoms with E-state index in [0.717, 1.165) is 4.90 Å². The average molecular weight is 279 g/mol. The van der Waals surface area contributed by atoms with E-state index in [0.29, 0.717) is 11.1 Å². The number of nitrogens with two attached hydrogens (primary N) is 1. The molecular formula is C13H17N3O4. The predicted octanol–water partition coefficient (Wildman–Crippen LogP) is 1.01. The van der Waals surface area contributed by atoms with E-state index >= 15 is 0 Å². The van der Waals surface area contributed by atoms with Crippen LogP contribution in [-0.2, 0) is 16.1 Å². The molecule has 1 aromatic rings. The van der Waals surface area contributed by atoms with E-state index in [1.807, 2.05) is 0 Å². The summed E-state index contributed by atoms with van der Waals surface area (Å²) in [6.45, 7) is 1.54. The summed E-state index contributed by atoms with van der Waals surface area (Å²) < 4.78 is 4.72. The Morgan fingerprint density at radius 1 is 1.45 bits per heavy atom. The largest absolute Gasteiger partial charge is 0.465 e. The molecule has 1 rings (SSSR count). The molecule has 0 aliphatic heterocycles. The lowest BCUT2D eigenvalue weighted by molar-refractivity contribution is -0.144. The molecule has 0 radical (unpaired) electrons. The average Bonchev–Trinajstić information content (AvgIpc) is 2.38. The van der Waals surface area contributed by atoms with Crippen LogP contribution in [0.4, 0.5) is 4.79 Å². The molecule has 7 nitrogen and oxygen atoms in total. The van der Waals surface area contributed by atoms with Gasteiger partial charge in [0.2, 0.25) is 0 Å². The summed E-state index contributed by atoms with van der Waals surface area (Å²) in [6, 6.07) is 6.65. The van der Waals surface area contributed by atoms with Crippen LogP contribution in [0.15, 0.2) is 24.3 Å². The Morgan fingerprint density at radius 3 is 2.70 bits per heavy atom. The summed E-state index contributed by atoms with van der Waals surface area (Å²) in [5, 5.41) is 16.4. The zero-order chi connectivity index (χ0) is 15.1. The molecule has 108 valence electrons. The van der Waals surface area contributed by atoms with E-state index in [9.17, 15) is 9.59 Å². The molecule has 0 fully saturated rings. The van der Waals surface area contributed by atoms with Crippen LogP contribution in [0, 0.1) is 5.41 Å². The van der Waals surface area contributed by atoms with Crippen molar-refractivity contribution < 1.29 is 19.4 Å². The number of amidine groups is 1. The van der Waals surface area contributed by atoms with Crippen molar-refractivity contribution in [2.45, 2.75) is 13.5 Å². The maximum atomic E-state index is 11.3. The molecule has 0 spiro atoms. The Morgan fingerprint density at radius 2 is 2.15 bits per heavy atom. The lowest BCUT2D eigenvalue weighted by Gasteiger charge is -2.18. The van der Waals surface area contributed by atoms with Gasteiger partial charge in [0, 0.05) is 12.1 Å². The second-order valence-corrected chi connectivity index (χ2v) is 4.06. The predicted molar refractivity (Wildman–Crippen MR) is 72.5 cm³/mol. The standard InChI is InChI=1S/C13H17N3O4/c1-2-20-11(17)8-16(13(18)19)7-9-4-3-5-10(6-9)12(14)15/h3-6H,2,7-8H2,1H3,(H3,14,15)(H,18,19). The highest BCUT2D eigenvalue weighted by molar-refractivity contribution is 5.95. The molecule has 7 heteroatoms. The monoisotopic (exact) mass is 279 g/mol. The minimum Gasteiger partial charge on any atom is -0.465 e. The van der Waals surface area contributed by atoms with E-state index in [4.69, 9.17) is 21.0 Å². The zero-order valence-electron chi connectivity index (χ0n) is 11.1. The number of carbonyl (C=O) groups is 2. The molecule has 1 amide bonds. The number of esters is 1. The maximum absolute atomic E-state index is 11.3. The summed E-state index contributed by atoms with van der Waals surface area (Å²) in [6.07, 6.45) is -1.22. The molecule has 0 aliphatic carbocycles. The van der Waals surface area contributed by atoms with Crippen molar-refractivity contribution in [3.63, 3.8) is 0 Å². The first-order valence-corrected chi connectivity index (χ1v) is 6.00. The first-order valence-electron chi connectivity index (χ1n) is 6.00. The van der Waals surface area contributed by atoms with Gasteiger partial charge in [0.25, 0.3) is 0 Å². The van der Waals surface area contributed by atoms with E-state index in [1.165, 1.54) is 0 Å². The van der Waals surface area contributed by atoms with E-state index < -0.39 is 12.1 Å². The van der Waals surface area contributed by atoms with Crippen LogP contribution in [0.5, 0.6) is 0 Å². The van der Waals surface area contributed by atoms with Gasteiger partial charge in [0.1, 0.15) is 12.4 Å². The molecule has 0 saturated heterocycles. The van der Waals surface area contributed by atoms with Crippen LogP contribution in [0.3, 0.4) is 0 Å². The molecule has 0 saturated carbocycles. The first kappa shape index (κ1) is 15.5. The second kappa shape index (κ2) is 7.13. The van der Waals surface area contributed by atoms with Gasteiger partial charge in [-0.15, -0.1) is 0 Å². The summed E-state index contributed by atoms with van der Waals surface area (Å²) in [5.74, 6) is -0.697. The number of carboxylic acid groups (broad SMARTS) is 1. The Bertz CT molecular complexity index is 516. The van der Waals surface area contributed by atoms with Gasteiger partial charge in [-0.25, -0.2) is 4.79 Å². The molecule has 0 atom stereocenters. The van der Waals surface area contributed by atoms with Crippen LogP contribution in [-0.4, -0.2) is 41.1 Å². The highest BCUT2D eigenvalue weighted by Gasteiger charge is 2.17. The van der Waals surface area contributed by atoms with Crippen LogP contribution in [0.2, 0.25) is 0 Å². The van der Waals surface area contributed by atoms with Crippen molar-refractivity contribution in [2.24, 2.45) is 5.73 Å². The fourth-order valence-corrected chi connectivity index (χ4v) is 1.61. The lowest BCUT2D eigenvalue weighted by Crippen LogP contribution is -2.35. The normalized spacial score (nSPS) is 9.85. The Kier molecular flexibility index (Phi) is 5.52.